The Morgan fingerprint density at radius 3 is 2.02 bits per heavy atom. The number of unbranched alkanes of at least 4 members (excludes halogenated alkanes) is 2. The van der Waals surface area contributed by atoms with Crippen LogP contribution in [0.1, 0.15) is 90.2 Å². The van der Waals surface area contributed by atoms with Gasteiger partial charge in [0.2, 0.25) is 41.4 Å². The molecule has 0 aromatic carbocycles. The van der Waals surface area contributed by atoms with Crippen molar-refractivity contribution in [3.8, 4) is 0 Å². The summed E-state index contributed by atoms with van der Waals surface area (Å²) in [7, 11) is 0. The van der Waals surface area contributed by atoms with E-state index in [9.17, 15) is 48.6 Å². The number of hydrogen-bond donors (Lipinski definition) is 11. The van der Waals surface area contributed by atoms with E-state index in [-0.39, 0.29) is 44.7 Å². The van der Waals surface area contributed by atoms with Gasteiger partial charge in [0.1, 0.15) is 42.3 Å². The third-order valence-electron chi connectivity index (χ3n) is 11.3. The molecule has 22 nitrogen and oxygen atoms in total. The molecule has 3 saturated heterocycles. The van der Waals surface area contributed by atoms with Crippen molar-refractivity contribution in [2.24, 2.45) is 11.5 Å². The minimum atomic E-state index is -1.29. The highest BCUT2D eigenvalue weighted by atomic mass is 16.4. The summed E-state index contributed by atoms with van der Waals surface area (Å²) in [5.41, 5.74) is 11.7. The molecule has 1 aromatic heterocycles. The van der Waals surface area contributed by atoms with Crippen molar-refractivity contribution in [2.75, 3.05) is 32.7 Å². The first-order valence-corrected chi connectivity index (χ1v) is 21.3. The number of carboxylic acid groups (broad SMARTS) is 1. The number of rotatable bonds is 23. The van der Waals surface area contributed by atoms with Gasteiger partial charge in [-0.15, -0.1) is 0 Å². The zero-order valence-electron chi connectivity index (χ0n) is 35.0. The summed E-state index contributed by atoms with van der Waals surface area (Å²) in [6.45, 7) is 4.35. The fourth-order valence-corrected chi connectivity index (χ4v) is 7.91. The summed E-state index contributed by atoms with van der Waals surface area (Å²) in [4.78, 5) is 116. The van der Waals surface area contributed by atoms with Gasteiger partial charge in [-0.05, 0) is 97.7 Å². The van der Waals surface area contributed by atoms with Gasteiger partial charge in [-0.3, -0.25) is 33.6 Å². The molecule has 3 aliphatic rings. The second-order valence-electron chi connectivity index (χ2n) is 16.1. The number of aromatic nitrogens is 2. The predicted octanol–water partition coefficient (Wildman–Crippen LogP) is -3.54. The normalized spacial score (nSPS) is 22.4. The number of aliphatic carboxylic acids is 1. The number of nitrogens with one attached hydrogen (secondary N) is 7. The molecule has 4 rings (SSSR count). The first-order chi connectivity index (χ1) is 29.1. The summed E-state index contributed by atoms with van der Waals surface area (Å²) in [6, 6.07) is -8.35. The van der Waals surface area contributed by atoms with Crippen molar-refractivity contribution in [1.82, 2.24) is 51.7 Å². The van der Waals surface area contributed by atoms with Gasteiger partial charge in [0, 0.05) is 37.8 Å². The molecule has 13 N–H and O–H groups in total. The number of imidazole rings is 1. The minimum absolute atomic E-state index is 0.0888. The zero-order valence-corrected chi connectivity index (χ0v) is 35.0. The summed E-state index contributed by atoms with van der Waals surface area (Å²) in [5.74, 6) is -5.51. The lowest BCUT2D eigenvalue weighted by Gasteiger charge is -2.30. The number of hydrogen-bond acceptors (Lipinski definition) is 13. The lowest BCUT2D eigenvalue weighted by molar-refractivity contribution is -0.145. The standard InChI is InChI=1S/C39H64N12O10/c1-22(37(58)50-16-8-12-30(50)35(56)48-28(39(60)61)10-4-6-14-41)46-34(55)29(17-24-19-42-21-44-24)49-33(54)27(9-3-5-13-40)47-36(57)31-18-25(52)20-51(31)38(59)23(2)45-32(53)26-11-7-15-43-26/h19,21-23,25-31,43,52H,3-18,20,40-41H2,1-2H3,(H,42,44)(H,45,53)(H,46,55)(H,47,57)(H,48,56)(H,49,54)(H,60,61)/t22-,23-,25+,26-,27-,28-,29-,30-,31-/m0/s1. The van der Waals surface area contributed by atoms with Gasteiger partial charge in [-0.1, -0.05) is 0 Å². The number of carboxylic acids is 1. The number of aliphatic hydroxyl groups is 1. The first kappa shape index (κ1) is 48.5. The number of H-pyrrole nitrogens is 1. The molecule has 3 aliphatic heterocycles. The SMILES string of the molecule is C[C@H](NC(=O)[C@H](Cc1cnc[nH]1)NC(=O)[C@H](CCCCN)NC(=O)[C@@H]1C[C@@H](O)CN1C(=O)[C@H](C)NC(=O)[C@@H]1CCCN1)C(=O)N1CCC[C@H]1C(=O)N[C@@H](CCCCN)C(=O)O. The van der Waals surface area contributed by atoms with E-state index in [4.69, 9.17) is 11.5 Å². The Labute approximate surface area is 354 Å². The highest BCUT2D eigenvalue weighted by Crippen LogP contribution is 2.21. The number of aromatic amines is 1. The van der Waals surface area contributed by atoms with Crippen molar-refractivity contribution in [2.45, 2.75) is 145 Å². The van der Waals surface area contributed by atoms with Crippen LogP contribution in [0.3, 0.4) is 0 Å². The molecular weight excluding hydrogens is 797 g/mol. The van der Waals surface area contributed by atoms with Gasteiger partial charge >= 0.3 is 5.97 Å². The van der Waals surface area contributed by atoms with Crippen LogP contribution in [0.25, 0.3) is 0 Å². The predicted molar refractivity (Wildman–Crippen MR) is 219 cm³/mol. The molecule has 61 heavy (non-hydrogen) atoms. The number of carbonyl (C=O) groups is 8. The summed E-state index contributed by atoms with van der Waals surface area (Å²) >= 11 is 0. The lowest BCUT2D eigenvalue weighted by atomic mass is 10.0. The molecule has 3 fully saturated rings. The van der Waals surface area contributed by atoms with Crippen LogP contribution in [0.4, 0.5) is 0 Å². The van der Waals surface area contributed by atoms with E-state index in [1.165, 1.54) is 36.2 Å². The van der Waals surface area contributed by atoms with Crippen LogP contribution in [0.15, 0.2) is 12.5 Å². The Morgan fingerprint density at radius 2 is 1.39 bits per heavy atom. The zero-order chi connectivity index (χ0) is 44.6. The minimum Gasteiger partial charge on any atom is -0.480 e. The number of likely N-dealkylation sites (tertiary alicyclic amines) is 2. The van der Waals surface area contributed by atoms with E-state index in [1.807, 2.05) is 0 Å². The average Bonchev–Trinajstić information content (AvgIpc) is 4.07. The number of nitrogens with zero attached hydrogens (tertiary/aromatic N) is 3. The third-order valence-corrected chi connectivity index (χ3v) is 11.3. The van der Waals surface area contributed by atoms with E-state index in [1.54, 1.807) is 0 Å². The first-order valence-electron chi connectivity index (χ1n) is 21.3. The molecule has 22 heteroatoms. The number of carbonyl (C=O) groups excluding carboxylic acids is 7. The molecule has 7 amide bonds. The van der Waals surface area contributed by atoms with E-state index in [2.05, 4.69) is 41.9 Å². The monoisotopic (exact) mass is 860 g/mol. The fraction of sp³-hybridized carbons (Fsp3) is 0.718. The Hall–Kier alpha value is -5.19. The molecular formula is C39H64N12O10. The number of amides is 7. The summed E-state index contributed by atoms with van der Waals surface area (Å²) in [5, 5.41) is 36.5. The Kier molecular flexibility index (Phi) is 18.8. The maximum atomic E-state index is 14.0. The van der Waals surface area contributed by atoms with Crippen LogP contribution in [-0.4, -0.2) is 164 Å². The van der Waals surface area contributed by atoms with Crippen LogP contribution < -0.4 is 43.4 Å². The van der Waals surface area contributed by atoms with Crippen LogP contribution in [0.5, 0.6) is 0 Å². The van der Waals surface area contributed by atoms with Crippen molar-refractivity contribution in [3.63, 3.8) is 0 Å². The maximum absolute atomic E-state index is 14.0. The van der Waals surface area contributed by atoms with E-state index < -0.39 is 95.9 Å². The number of nitrogens with two attached hydrogens (primary N) is 2. The van der Waals surface area contributed by atoms with Gasteiger partial charge < -0.3 is 68.4 Å². The second-order valence-corrected chi connectivity index (χ2v) is 16.1. The Morgan fingerprint density at radius 1 is 0.770 bits per heavy atom. The number of aliphatic hydroxyl groups excluding tert-OH is 1. The molecule has 1 aromatic rings. The smallest absolute Gasteiger partial charge is 0.326 e. The van der Waals surface area contributed by atoms with Gasteiger partial charge in [0.25, 0.3) is 0 Å². The molecule has 4 heterocycles. The van der Waals surface area contributed by atoms with E-state index >= 15 is 0 Å². The Bertz CT molecular complexity index is 1680. The van der Waals surface area contributed by atoms with E-state index in [0.717, 1.165) is 6.42 Å². The molecule has 9 atom stereocenters. The van der Waals surface area contributed by atoms with Crippen LogP contribution in [0, 0.1) is 0 Å². The van der Waals surface area contributed by atoms with Crippen molar-refractivity contribution >= 4 is 47.3 Å². The van der Waals surface area contributed by atoms with E-state index in [0.29, 0.717) is 70.3 Å². The largest absolute Gasteiger partial charge is 0.480 e. The van der Waals surface area contributed by atoms with Crippen LogP contribution in [-0.2, 0) is 44.8 Å². The van der Waals surface area contributed by atoms with Crippen molar-refractivity contribution < 1.29 is 48.6 Å². The quantitative estimate of drug-likeness (QED) is 0.0475. The third kappa shape index (κ3) is 13.9. The molecule has 0 radical (unpaired) electrons. The molecule has 340 valence electrons. The molecule has 0 bridgehead atoms. The number of β-amino-alcohol motifs (C(OH)–C–C–N with tert-alkyl or cyclic N) is 1. The van der Waals surface area contributed by atoms with Crippen LogP contribution >= 0.6 is 0 Å². The summed E-state index contributed by atoms with van der Waals surface area (Å²) < 4.78 is 0. The Balaban J connectivity index is 1.44. The van der Waals surface area contributed by atoms with Crippen LogP contribution in [0.2, 0.25) is 0 Å². The second kappa shape index (κ2) is 23.7. The van der Waals surface area contributed by atoms with Crippen molar-refractivity contribution in [3.05, 3.63) is 18.2 Å². The molecule has 0 aliphatic carbocycles. The highest BCUT2D eigenvalue weighted by Gasteiger charge is 2.43. The van der Waals surface area contributed by atoms with Gasteiger partial charge in [0.05, 0.1) is 18.5 Å². The maximum Gasteiger partial charge on any atom is 0.326 e. The topological polar surface area (TPSA) is 336 Å². The molecule has 0 saturated carbocycles. The highest BCUT2D eigenvalue weighted by molar-refractivity contribution is 5.98. The molecule has 0 unspecified atom stereocenters. The van der Waals surface area contributed by atoms with Crippen molar-refractivity contribution in [1.29, 1.82) is 0 Å². The fourth-order valence-electron chi connectivity index (χ4n) is 7.91. The van der Waals surface area contributed by atoms with Gasteiger partial charge in [-0.2, -0.15) is 0 Å². The van der Waals surface area contributed by atoms with Gasteiger partial charge in [-0.25, -0.2) is 9.78 Å². The molecule has 0 spiro atoms. The average molecular weight is 861 g/mol. The summed E-state index contributed by atoms with van der Waals surface area (Å²) in [6.07, 6.45) is 6.13. The van der Waals surface area contributed by atoms with Gasteiger partial charge in [0.15, 0.2) is 0 Å². The lowest BCUT2D eigenvalue weighted by Crippen LogP contribution is -2.59.